The van der Waals surface area contributed by atoms with Crippen molar-refractivity contribution in [3.05, 3.63) is 82.1 Å². The summed E-state index contributed by atoms with van der Waals surface area (Å²) in [5.74, 6) is -0.0294. The van der Waals surface area contributed by atoms with Gasteiger partial charge in [0, 0.05) is 30.9 Å². The van der Waals surface area contributed by atoms with Gasteiger partial charge in [-0.1, -0.05) is 41.4 Å². The zero-order valence-corrected chi connectivity index (χ0v) is 18.5. The Bertz CT molecular complexity index is 1130. The van der Waals surface area contributed by atoms with Crippen LogP contribution < -0.4 is 15.5 Å². The summed E-state index contributed by atoms with van der Waals surface area (Å²) in [5.41, 5.74) is 3.33. The average Bonchev–Trinajstić information content (AvgIpc) is 3.33. The fourth-order valence-electron chi connectivity index (χ4n) is 3.52. The minimum absolute atomic E-state index is 0.160. The van der Waals surface area contributed by atoms with Crippen LogP contribution in [0.15, 0.2) is 54.7 Å². The molecule has 1 saturated heterocycles. The van der Waals surface area contributed by atoms with Crippen molar-refractivity contribution < 1.29 is 9.59 Å². The van der Waals surface area contributed by atoms with E-state index in [0.717, 1.165) is 37.1 Å². The lowest BCUT2D eigenvalue weighted by molar-refractivity contribution is 0.0945. The highest BCUT2D eigenvalue weighted by Gasteiger charge is 2.19. The molecular formula is C24H24ClN5O2. The molecule has 0 bridgehead atoms. The van der Waals surface area contributed by atoms with Crippen molar-refractivity contribution in [1.82, 2.24) is 15.3 Å². The van der Waals surface area contributed by atoms with E-state index in [2.05, 4.69) is 20.6 Å². The van der Waals surface area contributed by atoms with Gasteiger partial charge in [-0.3, -0.25) is 9.59 Å². The number of nitrogens with one attached hydrogen (secondary N) is 2. The monoisotopic (exact) mass is 449 g/mol. The van der Waals surface area contributed by atoms with E-state index >= 15 is 0 Å². The first kappa shape index (κ1) is 21.8. The van der Waals surface area contributed by atoms with Gasteiger partial charge in [-0.25, -0.2) is 9.97 Å². The summed E-state index contributed by atoms with van der Waals surface area (Å²) in [4.78, 5) is 35.8. The molecule has 2 amide bonds. The van der Waals surface area contributed by atoms with Crippen LogP contribution in [0.3, 0.4) is 0 Å². The van der Waals surface area contributed by atoms with Crippen LogP contribution in [-0.2, 0) is 6.54 Å². The summed E-state index contributed by atoms with van der Waals surface area (Å²) in [6, 6.07) is 14.7. The maximum atomic E-state index is 12.7. The fourth-order valence-corrected chi connectivity index (χ4v) is 3.70. The predicted molar refractivity (Wildman–Crippen MR) is 125 cm³/mol. The van der Waals surface area contributed by atoms with E-state index in [0.29, 0.717) is 17.2 Å². The van der Waals surface area contributed by atoms with Crippen LogP contribution in [0, 0.1) is 6.92 Å². The Morgan fingerprint density at radius 2 is 1.81 bits per heavy atom. The Labute approximate surface area is 191 Å². The van der Waals surface area contributed by atoms with Crippen LogP contribution in [0.2, 0.25) is 5.02 Å². The van der Waals surface area contributed by atoms with Gasteiger partial charge in [0.2, 0.25) is 5.95 Å². The molecule has 0 atom stereocenters. The molecule has 2 heterocycles. The topological polar surface area (TPSA) is 87.2 Å². The first-order valence-corrected chi connectivity index (χ1v) is 10.9. The number of hydrogen-bond acceptors (Lipinski definition) is 5. The van der Waals surface area contributed by atoms with Gasteiger partial charge in [-0.05, 0) is 49.6 Å². The maximum absolute atomic E-state index is 12.7. The number of benzene rings is 2. The molecule has 3 aromatic rings. The number of anilines is 2. The van der Waals surface area contributed by atoms with Crippen molar-refractivity contribution in [2.75, 3.05) is 23.3 Å². The number of carbonyl (C=O) groups is 2. The second-order valence-corrected chi connectivity index (χ2v) is 8.17. The summed E-state index contributed by atoms with van der Waals surface area (Å²) in [6.45, 7) is 4.00. The zero-order valence-electron chi connectivity index (χ0n) is 17.8. The van der Waals surface area contributed by atoms with Crippen molar-refractivity contribution in [1.29, 1.82) is 0 Å². The van der Waals surface area contributed by atoms with E-state index < -0.39 is 0 Å². The summed E-state index contributed by atoms with van der Waals surface area (Å²) in [5, 5.41) is 5.95. The normalized spacial score (nSPS) is 13.1. The smallest absolute Gasteiger partial charge is 0.271 e. The molecule has 0 aliphatic carbocycles. The summed E-state index contributed by atoms with van der Waals surface area (Å²) in [7, 11) is 0. The number of aryl methyl sites for hydroxylation is 1. The molecule has 32 heavy (non-hydrogen) atoms. The number of amides is 2. The molecule has 1 aliphatic heterocycles. The molecule has 8 heteroatoms. The minimum atomic E-state index is -0.369. The van der Waals surface area contributed by atoms with Crippen LogP contribution in [0.1, 0.15) is 44.8 Å². The van der Waals surface area contributed by atoms with E-state index in [-0.39, 0.29) is 29.1 Å². The predicted octanol–water partition coefficient (Wildman–Crippen LogP) is 4.22. The van der Waals surface area contributed by atoms with Crippen molar-refractivity contribution in [3.8, 4) is 0 Å². The first-order valence-electron chi connectivity index (χ1n) is 10.5. The lowest BCUT2D eigenvalue weighted by Crippen LogP contribution is -2.27. The largest absolute Gasteiger partial charge is 0.347 e. The first-order chi connectivity index (χ1) is 15.5. The Morgan fingerprint density at radius 1 is 1.06 bits per heavy atom. The van der Waals surface area contributed by atoms with Crippen LogP contribution in [0.25, 0.3) is 0 Å². The second-order valence-electron chi connectivity index (χ2n) is 7.76. The van der Waals surface area contributed by atoms with Gasteiger partial charge in [0.25, 0.3) is 11.8 Å². The molecule has 2 aromatic carbocycles. The molecule has 7 nitrogen and oxygen atoms in total. The maximum Gasteiger partial charge on any atom is 0.271 e. The molecule has 0 radical (unpaired) electrons. The average molecular weight is 450 g/mol. The van der Waals surface area contributed by atoms with Crippen molar-refractivity contribution in [3.63, 3.8) is 0 Å². The van der Waals surface area contributed by atoms with Crippen LogP contribution >= 0.6 is 11.6 Å². The SMILES string of the molecule is Cc1ccc(C(=O)Nc2cccc(CNC(=O)c3nc(N4CCCC4)ncc3Cl)c2)cc1. The van der Waals surface area contributed by atoms with E-state index in [4.69, 9.17) is 11.6 Å². The lowest BCUT2D eigenvalue weighted by atomic mass is 10.1. The van der Waals surface area contributed by atoms with Crippen LogP contribution in [-0.4, -0.2) is 34.9 Å². The molecule has 4 rings (SSSR count). The van der Waals surface area contributed by atoms with Crippen LogP contribution in [0.5, 0.6) is 0 Å². The van der Waals surface area contributed by atoms with Gasteiger partial charge in [-0.2, -0.15) is 0 Å². The van der Waals surface area contributed by atoms with Gasteiger partial charge in [0.1, 0.15) is 0 Å². The van der Waals surface area contributed by atoms with Crippen molar-refractivity contribution in [2.24, 2.45) is 0 Å². The Kier molecular flexibility index (Phi) is 6.66. The molecule has 1 aliphatic rings. The number of carbonyl (C=O) groups excluding carboxylic acids is 2. The summed E-state index contributed by atoms with van der Waals surface area (Å²) in [6.07, 6.45) is 3.65. The van der Waals surface area contributed by atoms with E-state index in [1.807, 2.05) is 42.2 Å². The highest BCUT2D eigenvalue weighted by molar-refractivity contribution is 6.33. The molecule has 1 fully saturated rings. The lowest BCUT2D eigenvalue weighted by Gasteiger charge is -2.16. The molecule has 0 unspecified atom stereocenters. The Morgan fingerprint density at radius 3 is 2.56 bits per heavy atom. The van der Waals surface area contributed by atoms with E-state index in [1.54, 1.807) is 18.2 Å². The standard InChI is InChI=1S/C24H24ClN5O2/c1-16-7-9-18(10-8-16)22(31)28-19-6-4-5-17(13-19)14-26-23(32)21-20(25)15-27-24(29-21)30-11-2-3-12-30/h4-10,13,15H,2-3,11-12,14H2,1H3,(H,26,32)(H,28,31). The second kappa shape index (κ2) is 9.78. The number of halogens is 1. The van der Waals surface area contributed by atoms with Crippen molar-refractivity contribution in [2.45, 2.75) is 26.3 Å². The van der Waals surface area contributed by atoms with Crippen molar-refractivity contribution >= 4 is 35.1 Å². The number of nitrogens with zero attached hydrogens (tertiary/aromatic N) is 3. The zero-order chi connectivity index (χ0) is 22.5. The van der Waals surface area contributed by atoms with Gasteiger partial charge in [-0.15, -0.1) is 0 Å². The van der Waals surface area contributed by atoms with E-state index in [9.17, 15) is 9.59 Å². The molecule has 164 valence electrons. The molecule has 2 N–H and O–H groups in total. The molecule has 0 spiro atoms. The third-order valence-corrected chi connectivity index (χ3v) is 5.56. The Hall–Kier alpha value is -3.45. The highest BCUT2D eigenvalue weighted by Crippen LogP contribution is 2.20. The molecule has 1 aromatic heterocycles. The van der Waals surface area contributed by atoms with Gasteiger partial charge >= 0.3 is 0 Å². The molecule has 0 saturated carbocycles. The number of rotatable bonds is 6. The van der Waals surface area contributed by atoms with Crippen LogP contribution in [0.4, 0.5) is 11.6 Å². The minimum Gasteiger partial charge on any atom is -0.347 e. The summed E-state index contributed by atoms with van der Waals surface area (Å²) >= 11 is 6.18. The third kappa shape index (κ3) is 5.23. The number of hydrogen-bond donors (Lipinski definition) is 2. The third-order valence-electron chi connectivity index (χ3n) is 5.29. The van der Waals surface area contributed by atoms with Gasteiger partial charge < -0.3 is 15.5 Å². The van der Waals surface area contributed by atoms with Gasteiger partial charge in [0.15, 0.2) is 5.69 Å². The van der Waals surface area contributed by atoms with Gasteiger partial charge in [0.05, 0.1) is 11.2 Å². The molecular weight excluding hydrogens is 426 g/mol. The number of aromatic nitrogens is 2. The quantitative estimate of drug-likeness (QED) is 0.588. The fraction of sp³-hybridized carbons (Fsp3) is 0.250. The summed E-state index contributed by atoms with van der Waals surface area (Å²) < 4.78 is 0. The highest BCUT2D eigenvalue weighted by atomic mass is 35.5. The Balaban J connectivity index is 1.40. The van der Waals surface area contributed by atoms with E-state index in [1.165, 1.54) is 6.20 Å².